The Bertz CT molecular complexity index is 770. The molecule has 26 heavy (non-hydrogen) atoms. The normalized spacial score (nSPS) is 16.2. The molecule has 1 atom stereocenters. The monoisotopic (exact) mass is 352 g/mol. The zero-order chi connectivity index (χ0) is 18.5. The summed E-state index contributed by atoms with van der Waals surface area (Å²) in [5.41, 5.74) is 1.79. The summed E-state index contributed by atoms with van der Waals surface area (Å²) in [6.07, 6.45) is 1.52. The number of likely N-dealkylation sites (N-methyl/N-ethyl adjacent to an activating group) is 1. The van der Waals surface area contributed by atoms with Crippen molar-refractivity contribution in [2.24, 2.45) is 0 Å². The first-order valence-corrected chi connectivity index (χ1v) is 8.84. The third-order valence-electron chi connectivity index (χ3n) is 4.68. The van der Waals surface area contributed by atoms with Crippen molar-refractivity contribution in [3.05, 3.63) is 65.5 Å². The fourth-order valence-corrected chi connectivity index (χ4v) is 2.97. The van der Waals surface area contributed by atoms with Gasteiger partial charge in [-0.05, 0) is 31.7 Å². The highest BCUT2D eigenvalue weighted by Gasteiger charge is 2.22. The van der Waals surface area contributed by atoms with Crippen LogP contribution in [0.15, 0.2) is 48.7 Å². The van der Waals surface area contributed by atoms with Crippen LogP contribution in [0.1, 0.15) is 39.4 Å². The van der Waals surface area contributed by atoms with Crippen molar-refractivity contribution in [1.29, 1.82) is 0 Å². The minimum absolute atomic E-state index is 0.117. The van der Waals surface area contributed by atoms with Gasteiger partial charge in [-0.25, -0.2) is 0 Å². The molecule has 1 N–H and O–H groups in total. The SMILES string of the molecule is CC(NC(=O)c1ccnc(C(=O)N2CCN(C)CC2)c1)c1ccccc1. The highest BCUT2D eigenvalue weighted by atomic mass is 16.2. The van der Waals surface area contributed by atoms with Gasteiger partial charge in [0.15, 0.2) is 0 Å². The van der Waals surface area contributed by atoms with E-state index < -0.39 is 0 Å². The maximum atomic E-state index is 12.6. The number of amides is 2. The average Bonchev–Trinajstić information content (AvgIpc) is 2.68. The van der Waals surface area contributed by atoms with Crippen molar-refractivity contribution in [3.8, 4) is 0 Å². The predicted octanol–water partition coefficient (Wildman–Crippen LogP) is 1.96. The number of piperazine rings is 1. The van der Waals surface area contributed by atoms with Crippen LogP contribution >= 0.6 is 0 Å². The van der Waals surface area contributed by atoms with Gasteiger partial charge in [0.2, 0.25) is 0 Å². The number of hydrogen-bond acceptors (Lipinski definition) is 4. The first-order valence-electron chi connectivity index (χ1n) is 8.84. The molecule has 2 aromatic rings. The van der Waals surface area contributed by atoms with E-state index >= 15 is 0 Å². The summed E-state index contributed by atoms with van der Waals surface area (Å²) in [5.74, 6) is -0.333. The molecule has 1 saturated heterocycles. The average molecular weight is 352 g/mol. The van der Waals surface area contributed by atoms with E-state index in [1.54, 1.807) is 17.0 Å². The summed E-state index contributed by atoms with van der Waals surface area (Å²) >= 11 is 0. The topological polar surface area (TPSA) is 65.5 Å². The number of nitrogens with one attached hydrogen (secondary N) is 1. The van der Waals surface area contributed by atoms with E-state index in [0.29, 0.717) is 24.3 Å². The van der Waals surface area contributed by atoms with Crippen LogP contribution in [-0.4, -0.2) is 59.8 Å². The van der Waals surface area contributed by atoms with Gasteiger partial charge in [0.05, 0.1) is 6.04 Å². The van der Waals surface area contributed by atoms with Crippen LogP contribution in [0.5, 0.6) is 0 Å². The van der Waals surface area contributed by atoms with Crippen molar-refractivity contribution in [1.82, 2.24) is 20.1 Å². The zero-order valence-corrected chi connectivity index (χ0v) is 15.2. The Morgan fingerprint density at radius 2 is 1.77 bits per heavy atom. The molecule has 0 saturated carbocycles. The highest BCUT2D eigenvalue weighted by molar-refractivity contribution is 5.98. The van der Waals surface area contributed by atoms with Crippen LogP contribution in [-0.2, 0) is 0 Å². The third-order valence-corrected chi connectivity index (χ3v) is 4.68. The molecule has 1 aliphatic heterocycles. The van der Waals surface area contributed by atoms with Gasteiger partial charge in [0.1, 0.15) is 5.69 Å². The lowest BCUT2D eigenvalue weighted by atomic mass is 10.1. The van der Waals surface area contributed by atoms with Crippen LogP contribution in [0, 0.1) is 0 Å². The summed E-state index contributed by atoms with van der Waals surface area (Å²) in [4.78, 5) is 33.3. The van der Waals surface area contributed by atoms with Gasteiger partial charge in [-0.3, -0.25) is 14.6 Å². The first-order chi connectivity index (χ1) is 12.5. The van der Waals surface area contributed by atoms with Gasteiger partial charge in [-0.1, -0.05) is 30.3 Å². The number of carbonyl (C=O) groups is 2. The maximum absolute atomic E-state index is 12.6. The summed E-state index contributed by atoms with van der Waals surface area (Å²) in [7, 11) is 2.04. The Kier molecular flexibility index (Phi) is 5.63. The van der Waals surface area contributed by atoms with Gasteiger partial charge in [-0.15, -0.1) is 0 Å². The molecular weight excluding hydrogens is 328 g/mol. The Morgan fingerprint density at radius 1 is 1.08 bits per heavy atom. The molecule has 0 radical (unpaired) electrons. The largest absolute Gasteiger partial charge is 0.346 e. The number of pyridine rings is 1. The second-order valence-corrected chi connectivity index (χ2v) is 6.63. The number of carbonyl (C=O) groups excluding carboxylic acids is 2. The van der Waals surface area contributed by atoms with Gasteiger partial charge in [-0.2, -0.15) is 0 Å². The summed E-state index contributed by atoms with van der Waals surface area (Å²) in [6, 6.07) is 12.9. The molecule has 0 aliphatic carbocycles. The Labute approximate surface area is 153 Å². The van der Waals surface area contributed by atoms with Crippen LogP contribution in [0.2, 0.25) is 0 Å². The van der Waals surface area contributed by atoms with Gasteiger partial charge >= 0.3 is 0 Å². The molecule has 0 spiro atoms. The van der Waals surface area contributed by atoms with E-state index in [-0.39, 0.29) is 17.9 Å². The third kappa shape index (κ3) is 4.26. The molecule has 0 bridgehead atoms. The molecule has 2 heterocycles. The lowest BCUT2D eigenvalue weighted by molar-refractivity contribution is 0.0658. The standard InChI is InChI=1S/C20H24N4O2/c1-15(16-6-4-3-5-7-16)22-19(25)17-8-9-21-18(14-17)20(26)24-12-10-23(2)11-13-24/h3-9,14-15H,10-13H2,1-2H3,(H,22,25). The van der Waals surface area contributed by atoms with E-state index in [4.69, 9.17) is 0 Å². The minimum Gasteiger partial charge on any atom is -0.346 e. The van der Waals surface area contributed by atoms with Crippen molar-refractivity contribution >= 4 is 11.8 Å². The maximum Gasteiger partial charge on any atom is 0.272 e. The fourth-order valence-electron chi connectivity index (χ4n) is 2.97. The number of nitrogens with zero attached hydrogens (tertiary/aromatic N) is 3. The summed E-state index contributed by atoms with van der Waals surface area (Å²) in [5, 5.41) is 2.97. The van der Waals surface area contributed by atoms with Crippen molar-refractivity contribution in [2.75, 3.05) is 33.2 Å². The smallest absolute Gasteiger partial charge is 0.272 e. The number of benzene rings is 1. The van der Waals surface area contributed by atoms with Crippen LogP contribution in [0.25, 0.3) is 0 Å². The molecule has 2 amide bonds. The van der Waals surface area contributed by atoms with Crippen molar-refractivity contribution in [3.63, 3.8) is 0 Å². The van der Waals surface area contributed by atoms with E-state index in [9.17, 15) is 9.59 Å². The van der Waals surface area contributed by atoms with Gasteiger partial charge < -0.3 is 15.1 Å². The number of hydrogen-bond donors (Lipinski definition) is 1. The number of aromatic nitrogens is 1. The molecule has 6 heteroatoms. The van der Waals surface area contributed by atoms with Crippen LogP contribution in [0.3, 0.4) is 0 Å². The van der Waals surface area contributed by atoms with E-state index in [0.717, 1.165) is 18.7 Å². The van der Waals surface area contributed by atoms with Gasteiger partial charge in [0.25, 0.3) is 11.8 Å². The molecule has 1 aliphatic rings. The summed E-state index contributed by atoms with van der Waals surface area (Å²) in [6.45, 7) is 4.99. The molecule has 1 aromatic carbocycles. The van der Waals surface area contributed by atoms with Crippen LogP contribution < -0.4 is 5.32 Å². The minimum atomic E-state index is -0.212. The fraction of sp³-hybridized carbons (Fsp3) is 0.350. The molecular formula is C20H24N4O2. The van der Waals surface area contributed by atoms with Crippen molar-refractivity contribution in [2.45, 2.75) is 13.0 Å². The lowest BCUT2D eigenvalue weighted by Crippen LogP contribution is -2.47. The van der Waals surface area contributed by atoms with E-state index in [1.165, 1.54) is 6.20 Å². The molecule has 1 unspecified atom stereocenters. The molecule has 136 valence electrons. The molecule has 3 rings (SSSR count). The zero-order valence-electron chi connectivity index (χ0n) is 15.2. The van der Waals surface area contributed by atoms with Crippen molar-refractivity contribution < 1.29 is 9.59 Å². The second-order valence-electron chi connectivity index (χ2n) is 6.63. The Hall–Kier alpha value is -2.73. The predicted molar refractivity (Wildman–Crippen MR) is 100.0 cm³/mol. The molecule has 1 aromatic heterocycles. The molecule has 1 fully saturated rings. The Balaban J connectivity index is 1.68. The first kappa shape index (κ1) is 18.1. The van der Waals surface area contributed by atoms with E-state index in [2.05, 4.69) is 15.2 Å². The lowest BCUT2D eigenvalue weighted by Gasteiger charge is -2.32. The second kappa shape index (κ2) is 8.10. The van der Waals surface area contributed by atoms with E-state index in [1.807, 2.05) is 44.3 Å². The highest BCUT2D eigenvalue weighted by Crippen LogP contribution is 2.13. The number of rotatable bonds is 4. The summed E-state index contributed by atoms with van der Waals surface area (Å²) < 4.78 is 0. The van der Waals surface area contributed by atoms with Crippen LogP contribution in [0.4, 0.5) is 0 Å². The molecule has 6 nitrogen and oxygen atoms in total. The quantitative estimate of drug-likeness (QED) is 0.914. The Morgan fingerprint density at radius 3 is 2.46 bits per heavy atom. The van der Waals surface area contributed by atoms with Gasteiger partial charge in [0, 0.05) is 37.9 Å².